The van der Waals surface area contributed by atoms with Crippen molar-refractivity contribution in [2.45, 2.75) is 46.1 Å². The van der Waals surface area contributed by atoms with E-state index in [0.717, 1.165) is 19.3 Å². The molecule has 0 aromatic heterocycles. The minimum Gasteiger partial charge on any atom is -0.328 e. The molecule has 0 amide bonds. The van der Waals surface area contributed by atoms with Gasteiger partial charge in [0.1, 0.15) is 0 Å². The summed E-state index contributed by atoms with van der Waals surface area (Å²) in [7, 11) is 0. The minimum absolute atomic E-state index is 0.328. The van der Waals surface area contributed by atoms with Crippen LogP contribution in [0.25, 0.3) is 0 Å². The van der Waals surface area contributed by atoms with Crippen molar-refractivity contribution >= 4 is 0 Å². The first-order valence-electron chi connectivity index (χ1n) is 4.48. The van der Waals surface area contributed by atoms with Crippen LogP contribution in [-0.2, 0) is 0 Å². The zero-order valence-corrected chi connectivity index (χ0v) is 8.06. The normalized spacial score (nSPS) is 16.0. The Bertz CT molecular complexity index is 116. The molecule has 0 rings (SSSR count). The number of allylic oxidation sites excluding steroid dienone is 1. The summed E-state index contributed by atoms with van der Waals surface area (Å²) in [4.78, 5) is 0. The molecule has 0 fully saturated rings. The first-order valence-corrected chi connectivity index (χ1v) is 4.48. The summed E-state index contributed by atoms with van der Waals surface area (Å²) in [6.07, 6.45) is 3.35. The molecule has 1 heteroatoms. The van der Waals surface area contributed by atoms with E-state index in [9.17, 15) is 0 Å². The molecule has 11 heavy (non-hydrogen) atoms. The summed E-state index contributed by atoms with van der Waals surface area (Å²) in [6.45, 7) is 10.4. The van der Waals surface area contributed by atoms with Gasteiger partial charge in [-0.05, 0) is 32.1 Å². The van der Waals surface area contributed by atoms with E-state index in [4.69, 9.17) is 5.73 Å². The van der Waals surface area contributed by atoms with Gasteiger partial charge in [0.2, 0.25) is 0 Å². The van der Waals surface area contributed by atoms with Gasteiger partial charge in [-0.3, -0.25) is 0 Å². The maximum atomic E-state index is 5.68. The maximum Gasteiger partial charge on any atom is 0.00131 e. The molecule has 0 bridgehead atoms. The molecular weight excluding hydrogens is 134 g/mol. The summed E-state index contributed by atoms with van der Waals surface area (Å²) < 4.78 is 0. The van der Waals surface area contributed by atoms with Crippen LogP contribution >= 0.6 is 0 Å². The highest BCUT2D eigenvalue weighted by Crippen LogP contribution is 2.16. The van der Waals surface area contributed by atoms with Gasteiger partial charge in [-0.2, -0.15) is 0 Å². The number of rotatable bonds is 5. The Morgan fingerprint density at radius 1 is 1.45 bits per heavy atom. The van der Waals surface area contributed by atoms with Crippen LogP contribution in [0.5, 0.6) is 0 Å². The van der Waals surface area contributed by atoms with Gasteiger partial charge in [0.05, 0.1) is 0 Å². The molecule has 0 heterocycles. The third-order valence-corrected chi connectivity index (χ3v) is 1.91. The lowest BCUT2D eigenvalue weighted by atomic mass is 9.95. The molecule has 0 aliphatic rings. The molecule has 0 aliphatic heterocycles. The average molecular weight is 155 g/mol. The summed E-state index contributed by atoms with van der Waals surface area (Å²) in [6, 6.07) is 0.328. The van der Waals surface area contributed by atoms with Crippen molar-refractivity contribution in [1.29, 1.82) is 0 Å². The van der Waals surface area contributed by atoms with Gasteiger partial charge < -0.3 is 5.73 Å². The predicted molar refractivity (Wildman–Crippen MR) is 51.5 cm³/mol. The summed E-state index contributed by atoms with van der Waals surface area (Å²) >= 11 is 0. The van der Waals surface area contributed by atoms with Crippen molar-refractivity contribution in [3.05, 3.63) is 12.2 Å². The van der Waals surface area contributed by atoms with Crippen LogP contribution in [0.4, 0.5) is 0 Å². The quantitative estimate of drug-likeness (QED) is 0.607. The third kappa shape index (κ3) is 6.11. The van der Waals surface area contributed by atoms with Crippen LogP contribution in [0.3, 0.4) is 0 Å². The topological polar surface area (TPSA) is 26.0 Å². The van der Waals surface area contributed by atoms with E-state index < -0.39 is 0 Å². The van der Waals surface area contributed by atoms with Crippen molar-refractivity contribution in [3.63, 3.8) is 0 Å². The largest absolute Gasteiger partial charge is 0.328 e. The Morgan fingerprint density at radius 3 is 2.36 bits per heavy atom. The van der Waals surface area contributed by atoms with E-state index in [1.165, 1.54) is 5.57 Å². The molecular formula is C10H21N. The van der Waals surface area contributed by atoms with Crippen molar-refractivity contribution in [3.8, 4) is 0 Å². The highest BCUT2D eigenvalue weighted by atomic mass is 14.6. The second-order valence-corrected chi connectivity index (χ2v) is 3.63. The van der Waals surface area contributed by atoms with E-state index in [2.05, 4.69) is 27.4 Å². The monoisotopic (exact) mass is 155 g/mol. The van der Waals surface area contributed by atoms with Gasteiger partial charge in [0.25, 0.3) is 0 Å². The Kier molecular flexibility index (Phi) is 5.22. The van der Waals surface area contributed by atoms with Gasteiger partial charge >= 0.3 is 0 Å². The Labute approximate surface area is 70.7 Å². The fraction of sp³-hybridized carbons (Fsp3) is 0.800. The lowest BCUT2D eigenvalue weighted by molar-refractivity contribution is 0.475. The number of hydrogen-bond donors (Lipinski definition) is 1. The van der Waals surface area contributed by atoms with Crippen molar-refractivity contribution < 1.29 is 0 Å². The Morgan fingerprint density at radius 2 is 2.00 bits per heavy atom. The number of nitrogens with two attached hydrogens (primary N) is 1. The van der Waals surface area contributed by atoms with Crippen LogP contribution in [-0.4, -0.2) is 6.04 Å². The van der Waals surface area contributed by atoms with Crippen LogP contribution in [0, 0.1) is 5.92 Å². The zero-order chi connectivity index (χ0) is 8.85. The number of hydrogen-bond acceptors (Lipinski definition) is 1. The standard InChI is InChI=1S/C10H21N/c1-5-8(2)6-9(3)7-10(4)11/h9-10H,2,5-7,11H2,1,3-4H3. The lowest BCUT2D eigenvalue weighted by Gasteiger charge is -2.14. The third-order valence-electron chi connectivity index (χ3n) is 1.91. The minimum atomic E-state index is 0.328. The second-order valence-electron chi connectivity index (χ2n) is 3.63. The van der Waals surface area contributed by atoms with Crippen LogP contribution in [0.15, 0.2) is 12.2 Å². The lowest BCUT2D eigenvalue weighted by Crippen LogP contribution is -2.18. The smallest absolute Gasteiger partial charge is 0.00131 e. The van der Waals surface area contributed by atoms with Crippen molar-refractivity contribution in [2.75, 3.05) is 0 Å². The van der Waals surface area contributed by atoms with Gasteiger partial charge in [-0.15, -0.1) is 0 Å². The Balaban J connectivity index is 3.51. The molecule has 0 saturated heterocycles. The van der Waals surface area contributed by atoms with Gasteiger partial charge in [0.15, 0.2) is 0 Å². The molecule has 0 aromatic carbocycles. The predicted octanol–water partition coefficient (Wildman–Crippen LogP) is 2.72. The molecule has 2 atom stereocenters. The molecule has 0 aromatic rings. The van der Waals surface area contributed by atoms with Crippen LogP contribution in [0.1, 0.15) is 40.0 Å². The molecule has 0 aliphatic carbocycles. The zero-order valence-electron chi connectivity index (χ0n) is 8.06. The van der Waals surface area contributed by atoms with E-state index in [1.807, 2.05) is 0 Å². The molecule has 0 saturated carbocycles. The van der Waals surface area contributed by atoms with E-state index >= 15 is 0 Å². The van der Waals surface area contributed by atoms with Crippen molar-refractivity contribution in [2.24, 2.45) is 11.7 Å². The van der Waals surface area contributed by atoms with Gasteiger partial charge in [-0.1, -0.05) is 26.0 Å². The molecule has 1 nitrogen and oxygen atoms in total. The summed E-state index contributed by atoms with van der Waals surface area (Å²) in [5.74, 6) is 0.697. The fourth-order valence-corrected chi connectivity index (χ4v) is 1.36. The van der Waals surface area contributed by atoms with Crippen LogP contribution < -0.4 is 5.73 Å². The molecule has 2 unspecified atom stereocenters. The fourth-order valence-electron chi connectivity index (χ4n) is 1.36. The van der Waals surface area contributed by atoms with Gasteiger partial charge in [-0.25, -0.2) is 0 Å². The highest BCUT2D eigenvalue weighted by Gasteiger charge is 2.05. The van der Waals surface area contributed by atoms with E-state index in [0.29, 0.717) is 12.0 Å². The highest BCUT2D eigenvalue weighted by molar-refractivity contribution is 4.93. The first-order chi connectivity index (χ1) is 5.06. The average Bonchev–Trinajstić information content (AvgIpc) is 1.85. The van der Waals surface area contributed by atoms with E-state index in [1.54, 1.807) is 0 Å². The summed E-state index contributed by atoms with van der Waals surface area (Å²) in [5, 5.41) is 0. The SMILES string of the molecule is C=C(CC)CC(C)CC(C)N. The van der Waals surface area contributed by atoms with Gasteiger partial charge in [0, 0.05) is 6.04 Å². The molecule has 0 radical (unpaired) electrons. The Hall–Kier alpha value is -0.300. The van der Waals surface area contributed by atoms with Crippen LogP contribution in [0.2, 0.25) is 0 Å². The first kappa shape index (κ1) is 10.7. The molecule has 0 spiro atoms. The molecule has 66 valence electrons. The summed E-state index contributed by atoms with van der Waals surface area (Å²) in [5.41, 5.74) is 7.03. The molecule has 2 N–H and O–H groups in total. The maximum absolute atomic E-state index is 5.68. The second kappa shape index (κ2) is 5.36. The van der Waals surface area contributed by atoms with Crippen molar-refractivity contribution in [1.82, 2.24) is 0 Å². The van der Waals surface area contributed by atoms with E-state index in [-0.39, 0.29) is 0 Å².